The van der Waals surface area contributed by atoms with Crippen molar-refractivity contribution in [3.63, 3.8) is 0 Å². The van der Waals surface area contributed by atoms with Gasteiger partial charge in [-0.2, -0.15) is 0 Å². The summed E-state index contributed by atoms with van der Waals surface area (Å²) >= 11 is 5.51. The molecule has 0 radical (unpaired) electrons. The smallest absolute Gasteiger partial charge is 0.404 e. The molecule has 2 nitrogen and oxygen atoms in total. The average molecular weight is 449 g/mol. The van der Waals surface area contributed by atoms with Gasteiger partial charge in [-0.1, -0.05) is 65.5 Å². The topological polar surface area (TPSA) is 26.3 Å². The first-order valence-corrected chi connectivity index (χ1v) is 13.6. The van der Waals surface area contributed by atoms with Crippen molar-refractivity contribution in [2.24, 2.45) is 46.3 Å². The minimum absolute atomic E-state index is 0.0164. The van der Waals surface area contributed by atoms with Gasteiger partial charge in [0.05, 0.1) is 0 Å². The van der Waals surface area contributed by atoms with Crippen LogP contribution in [-0.4, -0.2) is 11.5 Å². The van der Waals surface area contributed by atoms with Crippen molar-refractivity contribution >= 4 is 17.0 Å². The van der Waals surface area contributed by atoms with Gasteiger partial charge in [0, 0.05) is 18.0 Å². The van der Waals surface area contributed by atoms with Crippen LogP contribution in [0, 0.1) is 46.3 Å². The summed E-state index contributed by atoms with van der Waals surface area (Å²) in [5.41, 5.74) is 1.77. The van der Waals surface area contributed by atoms with Crippen LogP contribution in [0.3, 0.4) is 0 Å². The standard InChI is InChI=1S/C28H45ClO2/c1-18(2)7-6-8-19(3)23-11-12-24-22-10-9-20-17-21(31-26(29)30)13-15-27(20,4)25(22)14-16-28(23,24)5/h9,18-19,21-25H,6-8,10-17H2,1-5H3/t19?,21-,22?,23?,24?,25?,27-,28+/m0/s1. The van der Waals surface area contributed by atoms with Gasteiger partial charge in [0.2, 0.25) is 0 Å². The summed E-state index contributed by atoms with van der Waals surface area (Å²) < 4.78 is 5.38. The molecular formula is C28H45ClO2. The normalized spacial score (nSPS) is 42.9. The van der Waals surface area contributed by atoms with Crippen LogP contribution in [0.1, 0.15) is 105 Å². The van der Waals surface area contributed by atoms with Crippen molar-refractivity contribution in [2.45, 2.75) is 111 Å². The fourth-order valence-corrected chi connectivity index (χ4v) is 9.01. The molecule has 0 amide bonds. The second kappa shape index (κ2) is 9.03. The minimum atomic E-state index is -0.643. The van der Waals surface area contributed by atoms with Gasteiger partial charge >= 0.3 is 5.43 Å². The van der Waals surface area contributed by atoms with Gasteiger partial charge in [-0.05, 0) is 91.3 Å². The number of ether oxygens (including phenoxy) is 1. The van der Waals surface area contributed by atoms with Crippen LogP contribution in [0.4, 0.5) is 4.79 Å². The van der Waals surface area contributed by atoms with E-state index in [-0.39, 0.29) is 6.10 Å². The molecule has 0 N–H and O–H groups in total. The van der Waals surface area contributed by atoms with Crippen molar-refractivity contribution in [3.05, 3.63) is 11.6 Å². The van der Waals surface area contributed by atoms with Crippen LogP contribution < -0.4 is 0 Å². The molecule has 0 aromatic rings. The molecule has 0 aromatic carbocycles. The van der Waals surface area contributed by atoms with E-state index < -0.39 is 5.43 Å². The molecular weight excluding hydrogens is 404 g/mol. The first kappa shape index (κ1) is 23.7. The van der Waals surface area contributed by atoms with Gasteiger partial charge in [-0.3, -0.25) is 0 Å². The van der Waals surface area contributed by atoms with Crippen LogP contribution >= 0.6 is 11.6 Å². The maximum atomic E-state index is 11.2. The number of carbonyl (C=O) groups is 1. The van der Waals surface area contributed by atoms with Crippen LogP contribution in [0.2, 0.25) is 0 Å². The summed E-state index contributed by atoms with van der Waals surface area (Å²) in [6, 6.07) is 0. The van der Waals surface area contributed by atoms with E-state index >= 15 is 0 Å². The number of fused-ring (bicyclic) bond motifs is 5. The van der Waals surface area contributed by atoms with E-state index in [1.807, 2.05) is 0 Å². The highest BCUT2D eigenvalue weighted by molar-refractivity contribution is 6.61. The molecule has 0 heterocycles. The van der Waals surface area contributed by atoms with E-state index in [1.165, 1.54) is 51.4 Å². The van der Waals surface area contributed by atoms with Gasteiger partial charge in [-0.25, -0.2) is 4.79 Å². The highest BCUT2D eigenvalue weighted by Crippen LogP contribution is 2.67. The lowest BCUT2D eigenvalue weighted by Crippen LogP contribution is -2.51. The maximum absolute atomic E-state index is 11.2. The third kappa shape index (κ3) is 4.36. The largest absolute Gasteiger partial charge is 0.450 e. The maximum Gasteiger partial charge on any atom is 0.404 e. The Balaban J connectivity index is 1.47. The first-order valence-electron chi connectivity index (χ1n) is 13.2. The van der Waals surface area contributed by atoms with Crippen molar-refractivity contribution < 1.29 is 9.53 Å². The monoisotopic (exact) mass is 448 g/mol. The van der Waals surface area contributed by atoms with E-state index in [0.29, 0.717) is 10.8 Å². The molecule has 8 atom stereocenters. The zero-order chi connectivity index (χ0) is 22.4. The molecule has 0 saturated heterocycles. The average Bonchev–Trinajstić information content (AvgIpc) is 3.05. The highest BCUT2D eigenvalue weighted by atomic mass is 35.5. The summed E-state index contributed by atoms with van der Waals surface area (Å²) in [4.78, 5) is 11.2. The fraction of sp³-hybridized carbons (Fsp3) is 0.893. The molecule has 0 bridgehead atoms. The van der Waals surface area contributed by atoms with E-state index in [9.17, 15) is 4.79 Å². The van der Waals surface area contributed by atoms with Crippen LogP contribution in [0.5, 0.6) is 0 Å². The molecule has 3 fully saturated rings. The highest BCUT2D eigenvalue weighted by Gasteiger charge is 2.59. The van der Waals surface area contributed by atoms with Gasteiger partial charge in [-0.15, -0.1) is 0 Å². The second-order valence-electron chi connectivity index (χ2n) is 12.5. The van der Waals surface area contributed by atoms with Gasteiger partial charge in [0.25, 0.3) is 0 Å². The van der Waals surface area contributed by atoms with Crippen LogP contribution in [0.15, 0.2) is 11.6 Å². The third-order valence-electron chi connectivity index (χ3n) is 10.5. The number of rotatable bonds is 6. The molecule has 3 heteroatoms. The Morgan fingerprint density at radius 2 is 1.87 bits per heavy atom. The molecule has 4 aliphatic rings. The summed E-state index contributed by atoms with van der Waals surface area (Å²) in [6.07, 6.45) is 16.7. The van der Waals surface area contributed by atoms with Crippen LogP contribution in [-0.2, 0) is 4.74 Å². The molecule has 176 valence electrons. The molecule has 0 aliphatic heterocycles. The zero-order valence-electron chi connectivity index (χ0n) is 20.6. The number of carbonyl (C=O) groups excluding carboxylic acids is 1. The molecule has 31 heavy (non-hydrogen) atoms. The Hall–Kier alpha value is -0.500. The molecule has 0 spiro atoms. The number of hydrogen-bond donors (Lipinski definition) is 0. The van der Waals surface area contributed by atoms with Gasteiger partial charge < -0.3 is 4.74 Å². The van der Waals surface area contributed by atoms with E-state index in [2.05, 4.69) is 40.7 Å². The summed E-state index contributed by atoms with van der Waals surface area (Å²) in [5, 5.41) is 0. The Morgan fingerprint density at radius 3 is 2.58 bits per heavy atom. The minimum Gasteiger partial charge on any atom is -0.450 e. The van der Waals surface area contributed by atoms with E-state index in [4.69, 9.17) is 16.3 Å². The Morgan fingerprint density at radius 1 is 1.10 bits per heavy atom. The number of hydrogen-bond acceptors (Lipinski definition) is 2. The zero-order valence-corrected chi connectivity index (χ0v) is 21.3. The van der Waals surface area contributed by atoms with E-state index in [0.717, 1.165) is 54.8 Å². The third-order valence-corrected chi connectivity index (χ3v) is 10.6. The van der Waals surface area contributed by atoms with Crippen molar-refractivity contribution in [1.29, 1.82) is 0 Å². The Labute approximate surface area is 195 Å². The van der Waals surface area contributed by atoms with E-state index in [1.54, 1.807) is 5.57 Å². The molecule has 5 unspecified atom stereocenters. The first-order chi connectivity index (χ1) is 14.6. The molecule has 0 aromatic heterocycles. The van der Waals surface area contributed by atoms with Crippen molar-refractivity contribution in [1.82, 2.24) is 0 Å². The van der Waals surface area contributed by atoms with Crippen LogP contribution in [0.25, 0.3) is 0 Å². The number of halogens is 1. The Bertz CT molecular complexity index is 699. The lowest BCUT2D eigenvalue weighted by Gasteiger charge is -2.58. The SMILES string of the molecule is CC(C)CCCC(C)C1CCC2C3CC=C4C[C@@H](OC(=O)Cl)CC[C@]4(C)C3CC[C@]12C. The lowest BCUT2D eigenvalue weighted by molar-refractivity contribution is -0.0573. The quantitative estimate of drug-likeness (QED) is 0.299. The number of allylic oxidation sites excluding steroid dienone is 1. The van der Waals surface area contributed by atoms with Gasteiger partial charge in [0.1, 0.15) is 6.10 Å². The van der Waals surface area contributed by atoms with Gasteiger partial charge in [0.15, 0.2) is 0 Å². The Kier molecular flexibility index (Phi) is 6.89. The van der Waals surface area contributed by atoms with Crippen molar-refractivity contribution in [3.8, 4) is 0 Å². The summed E-state index contributed by atoms with van der Waals surface area (Å²) in [5.74, 6) is 5.19. The predicted octanol–water partition coefficient (Wildman–Crippen LogP) is 8.77. The second-order valence-corrected chi connectivity index (χ2v) is 12.8. The molecule has 3 saturated carbocycles. The molecule has 4 rings (SSSR count). The lowest BCUT2D eigenvalue weighted by atomic mass is 9.47. The summed E-state index contributed by atoms with van der Waals surface area (Å²) in [7, 11) is 0. The fourth-order valence-electron chi connectivity index (χ4n) is 8.88. The molecule has 4 aliphatic carbocycles. The predicted molar refractivity (Wildman–Crippen MR) is 129 cm³/mol. The van der Waals surface area contributed by atoms with Crippen molar-refractivity contribution in [2.75, 3.05) is 0 Å². The summed E-state index contributed by atoms with van der Waals surface area (Å²) in [6.45, 7) is 12.5.